The van der Waals surface area contributed by atoms with Crippen molar-refractivity contribution < 1.29 is 0 Å². The molecule has 0 N–H and O–H groups in total. The molecule has 0 bridgehead atoms. The highest BCUT2D eigenvalue weighted by molar-refractivity contribution is 5.44. The number of hydrogen-bond donors (Lipinski definition) is 0. The summed E-state index contributed by atoms with van der Waals surface area (Å²) in [6, 6.07) is 0. The number of allylic oxidation sites excluding steroid dienone is 6. The Labute approximate surface area is 76.0 Å². The van der Waals surface area contributed by atoms with Crippen molar-refractivity contribution in [2.45, 2.75) is 27.7 Å². The van der Waals surface area contributed by atoms with Gasteiger partial charge in [0, 0.05) is 0 Å². The molecule has 0 fully saturated rings. The molecule has 0 aromatic carbocycles. The standard InChI is InChI=1S/C12H18/c1-7-11(6)12(10(4)5)8-9(2)3/h7-8H,1,4H2,2-3,5-6H3/b12-11+. The van der Waals surface area contributed by atoms with E-state index < -0.39 is 0 Å². The summed E-state index contributed by atoms with van der Waals surface area (Å²) in [5.74, 6) is 0. The van der Waals surface area contributed by atoms with E-state index in [9.17, 15) is 0 Å². The first-order chi connectivity index (χ1) is 5.49. The van der Waals surface area contributed by atoms with Crippen LogP contribution in [0.2, 0.25) is 0 Å². The molecular formula is C12H18. The van der Waals surface area contributed by atoms with Crippen LogP contribution in [0.4, 0.5) is 0 Å². The van der Waals surface area contributed by atoms with Crippen LogP contribution in [0.3, 0.4) is 0 Å². The molecule has 0 aliphatic heterocycles. The van der Waals surface area contributed by atoms with Gasteiger partial charge in [-0.15, -0.1) is 0 Å². The lowest BCUT2D eigenvalue weighted by molar-refractivity contribution is 1.30. The van der Waals surface area contributed by atoms with E-state index in [1.165, 1.54) is 16.7 Å². The zero-order chi connectivity index (χ0) is 9.72. The van der Waals surface area contributed by atoms with E-state index in [0.29, 0.717) is 0 Å². The molecule has 0 rings (SSSR count). The van der Waals surface area contributed by atoms with E-state index >= 15 is 0 Å². The van der Waals surface area contributed by atoms with Crippen LogP contribution in [-0.4, -0.2) is 0 Å². The summed E-state index contributed by atoms with van der Waals surface area (Å²) in [4.78, 5) is 0. The van der Waals surface area contributed by atoms with Gasteiger partial charge in [-0.25, -0.2) is 0 Å². The predicted molar refractivity (Wildman–Crippen MR) is 57.1 cm³/mol. The van der Waals surface area contributed by atoms with Crippen LogP contribution in [0, 0.1) is 0 Å². The van der Waals surface area contributed by atoms with E-state index in [1.54, 1.807) is 0 Å². The molecule has 0 heteroatoms. The predicted octanol–water partition coefficient (Wildman–Crippen LogP) is 4.03. The second-order valence-corrected chi connectivity index (χ2v) is 3.30. The van der Waals surface area contributed by atoms with Gasteiger partial charge in [-0.1, -0.05) is 36.5 Å². The molecule has 0 atom stereocenters. The summed E-state index contributed by atoms with van der Waals surface area (Å²) in [5, 5.41) is 0. The summed E-state index contributed by atoms with van der Waals surface area (Å²) < 4.78 is 0. The zero-order valence-electron chi connectivity index (χ0n) is 8.57. The van der Waals surface area contributed by atoms with Gasteiger partial charge < -0.3 is 0 Å². The Hall–Kier alpha value is -1.04. The van der Waals surface area contributed by atoms with Gasteiger partial charge in [0.2, 0.25) is 0 Å². The Kier molecular flexibility index (Phi) is 4.35. The van der Waals surface area contributed by atoms with Crippen LogP contribution in [0.5, 0.6) is 0 Å². The first kappa shape index (κ1) is 11.0. The van der Waals surface area contributed by atoms with E-state index in [4.69, 9.17) is 0 Å². The Balaban J connectivity index is 5.06. The molecule has 66 valence electrons. The number of hydrogen-bond acceptors (Lipinski definition) is 0. The molecule has 0 unspecified atom stereocenters. The van der Waals surface area contributed by atoms with Gasteiger partial charge in [-0.2, -0.15) is 0 Å². The van der Waals surface area contributed by atoms with Crippen LogP contribution < -0.4 is 0 Å². The number of rotatable bonds is 3. The average Bonchev–Trinajstić information content (AvgIpc) is 1.98. The summed E-state index contributed by atoms with van der Waals surface area (Å²) in [5.41, 5.74) is 4.76. The fraction of sp³-hybridized carbons (Fsp3) is 0.333. The smallest absolute Gasteiger partial charge is 0.0205 e. The first-order valence-electron chi connectivity index (χ1n) is 4.13. The van der Waals surface area contributed by atoms with Crippen molar-refractivity contribution in [3.8, 4) is 0 Å². The molecule has 0 nitrogen and oxygen atoms in total. The molecule has 0 amide bonds. The van der Waals surface area contributed by atoms with Gasteiger partial charge in [-0.3, -0.25) is 0 Å². The van der Waals surface area contributed by atoms with Gasteiger partial charge in [0.25, 0.3) is 0 Å². The van der Waals surface area contributed by atoms with Crippen molar-refractivity contribution >= 4 is 0 Å². The molecule has 12 heavy (non-hydrogen) atoms. The van der Waals surface area contributed by atoms with Crippen LogP contribution in [0.1, 0.15) is 27.7 Å². The molecule has 0 aliphatic rings. The van der Waals surface area contributed by atoms with Crippen molar-refractivity contribution in [3.05, 3.63) is 47.6 Å². The lowest BCUT2D eigenvalue weighted by Crippen LogP contribution is -1.85. The quantitative estimate of drug-likeness (QED) is 0.549. The van der Waals surface area contributed by atoms with Crippen LogP contribution >= 0.6 is 0 Å². The van der Waals surface area contributed by atoms with Crippen LogP contribution in [-0.2, 0) is 0 Å². The van der Waals surface area contributed by atoms with E-state index in [0.717, 1.165) is 5.57 Å². The van der Waals surface area contributed by atoms with Gasteiger partial charge in [0.1, 0.15) is 0 Å². The molecular weight excluding hydrogens is 144 g/mol. The lowest BCUT2D eigenvalue weighted by Gasteiger charge is -2.04. The normalized spacial score (nSPS) is 11.7. The molecule has 0 saturated carbocycles. The van der Waals surface area contributed by atoms with E-state index in [-0.39, 0.29) is 0 Å². The van der Waals surface area contributed by atoms with Crippen LogP contribution in [0.15, 0.2) is 47.6 Å². The van der Waals surface area contributed by atoms with Crippen LogP contribution in [0.25, 0.3) is 0 Å². The summed E-state index contributed by atoms with van der Waals surface area (Å²) in [6.45, 7) is 15.9. The molecule has 0 aromatic rings. The molecule has 0 saturated heterocycles. The highest BCUT2D eigenvalue weighted by atomic mass is 14.0. The minimum Gasteiger partial charge on any atom is -0.0988 e. The van der Waals surface area contributed by atoms with Crippen molar-refractivity contribution in [1.82, 2.24) is 0 Å². The summed E-state index contributed by atoms with van der Waals surface area (Å²) in [6.07, 6.45) is 4.00. The second-order valence-electron chi connectivity index (χ2n) is 3.30. The van der Waals surface area contributed by atoms with Crippen molar-refractivity contribution in [2.75, 3.05) is 0 Å². The SMILES string of the molecule is C=C/C(C)=C(\C=C(C)C)C(=C)C. The van der Waals surface area contributed by atoms with E-state index in [1.807, 2.05) is 13.0 Å². The maximum Gasteiger partial charge on any atom is -0.0205 e. The molecule has 0 aliphatic carbocycles. The van der Waals surface area contributed by atoms with Gasteiger partial charge in [0.15, 0.2) is 0 Å². The van der Waals surface area contributed by atoms with E-state index in [2.05, 4.69) is 40.0 Å². The second kappa shape index (κ2) is 4.76. The minimum atomic E-state index is 1.09. The third kappa shape index (κ3) is 3.38. The summed E-state index contributed by atoms with van der Waals surface area (Å²) in [7, 11) is 0. The Morgan fingerprint density at radius 2 is 1.58 bits per heavy atom. The molecule has 0 aromatic heterocycles. The Bertz CT molecular complexity index is 245. The highest BCUT2D eigenvalue weighted by Crippen LogP contribution is 2.16. The zero-order valence-corrected chi connectivity index (χ0v) is 8.57. The highest BCUT2D eigenvalue weighted by Gasteiger charge is 1.96. The van der Waals surface area contributed by atoms with Crippen molar-refractivity contribution in [3.63, 3.8) is 0 Å². The molecule has 0 heterocycles. The maximum atomic E-state index is 3.93. The largest absolute Gasteiger partial charge is 0.0988 e. The molecule has 0 radical (unpaired) electrons. The van der Waals surface area contributed by atoms with Gasteiger partial charge in [0.05, 0.1) is 0 Å². The van der Waals surface area contributed by atoms with Gasteiger partial charge >= 0.3 is 0 Å². The first-order valence-corrected chi connectivity index (χ1v) is 4.13. The van der Waals surface area contributed by atoms with Crippen molar-refractivity contribution in [2.24, 2.45) is 0 Å². The fourth-order valence-corrected chi connectivity index (χ4v) is 0.972. The fourth-order valence-electron chi connectivity index (χ4n) is 0.972. The average molecular weight is 162 g/mol. The summed E-state index contributed by atoms with van der Waals surface area (Å²) >= 11 is 0. The monoisotopic (exact) mass is 162 g/mol. The molecule has 0 spiro atoms. The Morgan fingerprint density at radius 1 is 1.08 bits per heavy atom. The third-order valence-corrected chi connectivity index (χ3v) is 1.62. The van der Waals surface area contributed by atoms with Crippen molar-refractivity contribution in [1.29, 1.82) is 0 Å². The third-order valence-electron chi connectivity index (χ3n) is 1.62. The Morgan fingerprint density at radius 3 is 1.83 bits per heavy atom. The minimum absolute atomic E-state index is 1.09. The topological polar surface area (TPSA) is 0 Å². The lowest BCUT2D eigenvalue weighted by atomic mass is 10.0. The van der Waals surface area contributed by atoms with Gasteiger partial charge in [-0.05, 0) is 38.8 Å². The maximum absolute atomic E-state index is 3.93.